The number of aryl methyl sites for hydroxylation is 1. The van der Waals surface area contributed by atoms with E-state index >= 15 is 0 Å². The average Bonchev–Trinajstić information content (AvgIpc) is 3.43. The molecule has 26 heavy (non-hydrogen) atoms. The number of aromatic nitrogens is 3. The van der Waals surface area contributed by atoms with Gasteiger partial charge in [-0.2, -0.15) is 5.10 Å². The van der Waals surface area contributed by atoms with Gasteiger partial charge in [0.15, 0.2) is 0 Å². The molecule has 2 aromatic heterocycles. The molecule has 5 nitrogen and oxygen atoms in total. The van der Waals surface area contributed by atoms with Crippen molar-refractivity contribution < 1.29 is 4.79 Å². The third-order valence-electron chi connectivity index (χ3n) is 5.09. The Bertz CT molecular complexity index is 838. The number of benzene rings is 1. The number of carbonyl (C=O) groups is 1. The number of hydrogen-bond donors (Lipinski definition) is 1. The molecule has 0 radical (unpaired) electrons. The fourth-order valence-corrected chi connectivity index (χ4v) is 3.74. The first-order valence-electron chi connectivity index (χ1n) is 9.30. The van der Waals surface area contributed by atoms with Crippen LogP contribution >= 0.6 is 0 Å². The fourth-order valence-electron chi connectivity index (χ4n) is 3.74. The van der Waals surface area contributed by atoms with Gasteiger partial charge < -0.3 is 9.88 Å². The Balaban J connectivity index is 1.34. The van der Waals surface area contributed by atoms with Gasteiger partial charge >= 0.3 is 0 Å². The van der Waals surface area contributed by atoms with E-state index in [0.29, 0.717) is 6.42 Å². The molecule has 1 amide bonds. The molecule has 3 heterocycles. The summed E-state index contributed by atoms with van der Waals surface area (Å²) in [5.41, 5.74) is 3.38. The van der Waals surface area contributed by atoms with Crippen molar-refractivity contribution in [1.82, 2.24) is 19.7 Å². The third kappa shape index (κ3) is 3.72. The van der Waals surface area contributed by atoms with Crippen LogP contribution < -0.4 is 0 Å². The number of likely N-dealkylation sites (tertiary alicyclic amines) is 1. The van der Waals surface area contributed by atoms with Crippen molar-refractivity contribution in [3.8, 4) is 11.3 Å². The number of nitrogens with one attached hydrogen (secondary N) is 1. The number of carbonyl (C=O) groups excluding carboxylic acids is 1. The van der Waals surface area contributed by atoms with Gasteiger partial charge in [0.1, 0.15) is 0 Å². The van der Waals surface area contributed by atoms with Crippen LogP contribution in [-0.4, -0.2) is 38.2 Å². The number of hydrogen-bond acceptors (Lipinski definition) is 2. The zero-order valence-electron chi connectivity index (χ0n) is 14.8. The maximum atomic E-state index is 12.7. The molecule has 1 saturated heterocycles. The van der Waals surface area contributed by atoms with Gasteiger partial charge in [-0.25, -0.2) is 0 Å². The lowest BCUT2D eigenvalue weighted by Gasteiger charge is -2.24. The van der Waals surface area contributed by atoms with Crippen molar-refractivity contribution in [3.05, 3.63) is 66.6 Å². The molecular formula is C21H24N4O. The van der Waals surface area contributed by atoms with Crippen molar-refractivity contribution in [3.63, 3.8) is 0 Å². The minimum absolute atomic E-state index is 0.246. The van der Waals surface area contributed by atoms with Gasteiger partial charge in [-0.3, -0.25) is 9.48 Å². The van der Waals surface area contributed by atoms with Gasteiger partial charge in [0.2, 0.25) is 5.91 Å². The van der Waals surface area contributed by atoms with E-state index < -0.39 is 0 Å². The normalized spacial score (nSPS) is 16.9. The highest BCUT2D eigenvalue weighted by molar-refractivity contribution is 5.77. The summed E-state index contributed by atoms with van der Waals surface area (Å²) in [7, 11) is 0. The van der Waals surface area contributed by atoms with Crippen molar-refractivity contribution in [1.29, 1.82) is 0 Å². The monoisotopic (exact) mass is 348 g/mol. The van der Waals surface area contributed by atoms with E-state index in [0.717, 1.165) is 43.7 Å². The number of aromatic amines is 1. The molecule has 0 saturated carbocycles. The van der Waals surface area contributed by atoms with Gasteiger partial charge in [-0.05, 0) is 43.0 Å². The predicted octanol–water partition coefficient (Wildman–Crippen LogP) is 3.50. The molecule has 1 atom stereocenters. The van der Waals surface area contributed by atoms with Crippen LogP contribution in [0.15, 0.2) is 60.9 Å². The number of amides is 1. The first-order chi connectivity index (χ1) is 12.8. The van der Waals surface area contributed by atoms with E-state index in [4.69, 9.17) is 0 Å². The van der Waals surface area contributed by atoms with Crippen LogP contribution in [0.1, 0.15) is 25.0 Å². The second-order valence-corrected chi connectivity index (χ2v) is 6.87. The average molecular weight is 348 g/mol. The van der Waals surface area contributed by atoms with Crippen LogP contribution in [-0.2, 0) is 17.8 Å². The molecule has 0 bridgehead atoms. The lowest BCUT2D eigenvalue weighted by Crippen LogP contribution is -2.38. The Labute approximate surface area is 153 Å². The minimum atomic E-state index is 0.246. The van der Waals surface area contributed by atoms with Gasteiger partial charge in [-0.15, -0.1) is 0 Å². The summed E-state index contributed by atoms with van der Waals surface area (Å²) in [6.07, 6.45) is 7.19. The molecule has 134 valence electrons. The van der Waals surface area contributed by atoms with Crippen LogP contribution in [0, 0.1) is 0 Å². The maximum absolute atomic E-state index is 12.7. The lowest BCUT2D eigenvalue weighted by molar-refractivity contribution is -0.132. The zero-order valence-corrected chi connectivity index (χ0v) is 14.8. The number of nitrogens with zero attached hydrogens (tertiary/aromatic N) is 3. The largest absolute Gasteiger partial charge is 0.358 e. The van der Waals surface area contributed by atoms with E-state index in [9.17, 15) is 4.79 Å². The molecule has 1 aliphatic rings. The molecule has 1 N–H and O–H groups in total. The highest BCUT2D eigenvalue weighted by Gasteiger charge is 2.28. The Hall–Kier alpha value is -2.82. The smallest absolute Gasteiger partial charge is 0.223 e. The zero-order chi connectivity index (χ0) is 17.8. The van der Waals surface area contributed by atoms with Crippen LogP contribution in [0.25, 0.3) is 11.3 Å². The van der Waals surface area contributed by atoms with Crippen LogP contribution in [0.4, 0.5) is 0 Å². The summed E-state index contributed by atoms with van der Waals surface area (Å²) in [6.45, 7) is 1.66. The van der Waals surface area contributed by atoms with Crippen LogP contribution in [0.5, 0.6) is 0 Å². The molecule has 1 fully saturated rings. The van der Waals surface area contributed by atoms with Crippen LogP contribution in [0.3, 0.4) is 0 Å². The minimum Gasteiger partial charge on any atom is -0.358 e. The molecule has 1 aliphatic heterocycles. The highest BCUT2D eigenvalue weighted by Crippen LogP contribution is 2.22. The van der Waals surface area contributed by atoms with Crippen molar-refractivity contribution in [2.75, 3.05) is 6.54 Å². The maximum Gasteiger partial charge on any atom is 0.223 e. The quantitative estimate of drug-likeness (QED) is 0.741. The Morgan fingerprint density at radius 2 is 2.04 bits per heavy atom. The van der Waals surface area contributed by atoms with Crippen molar-refractivity contribution in [2.45, 2.75) is 38.3 Å². The van der Waals surface area contributed by atoms with Crippen molar-refractivity contribution >= 4 is 5.91 Å². The number of H-pyrrole nitrogens is 1. The standard InChI is InChI=1S/C21H24N4O/c26-21(25-15-4-8-19(25)16-24-14-5-13-22-24)12-10-18-9-11-20(23-18)17-6-2-1-3-7-17/h1-3,5-7,9,11,13-14,19,23H,4,8,10,12,15-16H2/t19-/m1/s1. The summed E-state index contributed by atoms with van der Waals surface area (Å²) in [5.74, 6) is 0.246. The Morgan fingerprint density at radius 3 is 2.85 bits per heavy atom. The lowest BCUT2D eigenvalue weighted by atomic mass is 10.2. The van der Waals surface area contributed by atoms with E-state index in [-0.39, 0.29) is 11.9 Å². The van der Waals surface area contributed by atoms with Crippen molar-refractivity contribution in [2.24, 2.45) is 0 Å². The Morgan fingerprint density at radius 1 is 1.15 bits per heavy atom. The highest BCUT2D eigenvalue weighted by atomic mass is 16.2. The topological polar surface area (TPSA) is 53.9 Å². The Kier molecular flexibility index (Phi) is 4.86. The van der Waals surface area contributed by atoms with Gasteiger partial charge in [-0.1, -0.05) is 30.3 Å². The molecule has 1 aromatic carbocycles. The number of rotatable bonds is 6. The first kappa shape index (κ1) is 16.6. The van der Waals surface area contributed by atoms with E-state index in [1.807, 2.05) is 40.0 Å². The van der Waals surface area contributed by atoms with Gasteiger partial charge in [0.05, 0.1) is 12.6 Å². The summed E-state index contributed by atoms with van der Waals surface area (Å²) >= 11 is 0. The summed E-state index contributed by atoms with van der Waals surface area (Å²) in [6, 6.07) is 16.6. The SMILES string of the molecule is O=C(CCc1ccc(-c2ccccc2)[nH]1)N1CCC[C@@H]1Cn1cccn1. The molecular weight excluding hydrogens is 324 g/mol. The van der Waals surface area contributed by atoms with Gasteiger partial charge in [0, 0.05) is 36.7 Å². The molecule has 5 heteroatoms. The predicted molar refractivity (Wildman–Crippen MR) is 102 cm³/mol. The van der Waals surface area contributed by atoms with E-state index in [1.165, 1.54) is 5.56 Å². The fraction of sp³-hybridized carbons (Fsp3) is 0.333. The third-order valence-corrected chi connectivity index (χ3v) is 5.09. The molecule has 3 aromatic rings. The van der Waals surface area contributed by atoms with Gasteiger partial charge in [0.25, 0.3) is 0 Å². The molecule has 4 rings (SSSR count). The molecule has 0 aliphatic carbocycles. The second kappa shape index (κ2) is 7.60. The molecule has 0 spiro atoms. The van der Waals surface area contributed by atoms with E-state index in [2.05, 4.69) is 34.3 Å². The summed E-state index contributed by atoms with van der Waals surface area (Å²) in [5, 5.41) is 4.27. The summed E-state index contributed by atoms with van der Waals surface area (Å²) < 4.78 is 1.92. The van der Waals surface area contributed by atoms with E-state index in [1.54, 1.807) is 6.20 Å². The van der Waals surface area contributed by atoms with Crippen LogP contribution in [0.2, 0.25) is 0 Å². The summed E-state index contributed by atoms with van der Waals surface area (Å²) in [4.78, 5) is 18.2. The molecule has 0 unspecified atom stereocenters. The second-order valence-electron chi connectivity index (χ2n) is 6.87. The first-order valence-corrected chi connectivity index (χ1v) is 9.30.